The van der Waals surface area contributed by atoms with Gasteiger partial charge in [-0.15, -0.1) is 0 Å². The average molecular weight is 312 g/mol. The summed E-state index contributed by atoms with van der Waals surface area (Å²) in [5, 5.41) is 9.27. The number of nitrogens with zero attached hydrogens (tertiary/aromatic N) is 1. The van der Waals surface area contributed by atoms with Crippen molar-refractivity contribution in [2.45, 2.75) is 19.9 Å². The molecule has 0 radical (unpaired) electrons. The van der Waals surface area contributed by atoms with Crippen molar-refractivity contribution in [3.8, 4) is 0 Å². The molecule has 0 bridgehead atoms. The number of amides is 1. The van der Waals surface area contributed by atoms with E-state index >= 15 is 0 Å². The molecule has 2 rings (SSSR count). The van der Waals surface area contributed by atoms with Gasteiger partial charge in [-0.2, -0.15) is 0 Å². The lowest BCUT2D eigenvalue weighted by atomic mass is 10.1. The Labute approximate surface area is 135 Å². The van der Waals surface area contributed by atoms with Gasteiger partial charge in [0, 0.05) is 25.7 Å². The molecule has 0 unspecified atom stereocenters. The molecular formula is C18H20N2O3. The summed E-state index contributed by atoms with van der Waals surface area (Å²) in [7, 11) is 0. The van der Waals surface area contributed by atoms with E-state index in [0.29, 0.717) is 24.2 Å². The third-order valence-corrected chi connectivity index (χ3v) is 3.68. The number of anilines is 1. The highest BCUT2D eigenvalue weighted by Crippen LogP contribution is 2.17. The molecule has 3 N–H and O–H groups in total. The largest absolute Gasteiger partial charge is 0.478 e. The van der Waals surface area contributed by atoms with E-state index in [1.807, 2.05) is 30.3 Å². The van der Waals surface area contributed by atoms with Gasteiger partial charge in [0.1, 0.15) is 0 Å². The van der Waals surface area contributed by atoms with Crippen molar-refractivity contribution in [1.29, 1.82) is 0 Å². The van der Waals surface area contributed by atoms with E-state index in [1.165, 1.54) is 13.0 Å². The summed E-state index contributed by atoms with van der Waals surface area (Å²) < 4.78 is 0. The van der Waals surface area contributed by atoms with E-state index in [1.54, 1.807) is 17.0 Å². The zero-order valence-corrected chi connectivity index (χ0v) is 13.0. The number of hydrogen-bond acceptors (Lipinski definition) is 3. The van der Waals surface area contributed by atoms with Gasteiger partial charge in [-0.3, -0.25) is 4.79 Å². The number of carbonyl (C=O) groups excluding carboxylic acids is 1. The lowest BCUT2D eigenvalue weighted by molar-refractivity contribution is -0.129. The molecule has 2 aromatic carbocycles. The zero-order valence-electron chi connectivity index (χ0n) is 13.0. The molecule has 5 heteroatoms. The van der Waals surface area contributed by atoms with Crippen molar-refractivity contribution < 1.29 is 14.7 Å². The van der Waals surface area contributed by atoms with Crippen molar-refractivity contribution in [2.24, 2.45) is 0 Å². The minimum Gasteiger partial charge on any atom is -0.478 e. The van der Waals surface area contributed by atoms with Gasteiger partial charge in [0.15, 0.2) is 0 Å². The highest BCUT2D eigenvalue weighted by atomic mass is 16.4. The van der Waals surface area contributed by atoms with Crippen LogP contribution in [-0.4, -0.2) is 28.4 Å². The predicted molar refractivity (Wildman–Crippen MR) is 89.1 cm³/mol. The van der Waals surface area contributed by atoms with Crippen molar-refractivity contribution >= 4 is 17.6 Å². The van der Waals surface area contributed by atoms with Crippen LogP contribution in [0.1, 0.15) is 28.4 Å². The van der Waals surface area contributed by atoms with Crippen molar-refractivity contribution in [1.82, 2.24) is 4.90 Å². The van der Waals surface area contributed by atoms with Crippen LogP contribution in [0.15, 0.2) is 48.5 Å². The number of nitrogens with two attached hydrogens (primary N) is 1. The number of nitrogen functional groups attached to an aromatic ring is 1. The minimum atomic E-state index is -1.02. The predicted octanol–water partition coefficient (Wildman–Crippen LogP) is 2.56. The summed E-state index contributed by atoms with van der Waals surface area (Å²) in [6, 6.07) is 14.5. The third-order valence-electron chi connectivity index (χ3n) is 3.68. The molecule has 0 aliphatic carbocycles. The summed E-state index contributed by atoms with van der Waals surface area (Å²) in [5.41, 5.74) is 8.07. The van der Waals surface area contributed by atoms with E-state index < -0.39 is 5.97 Å². The van der Waals surface area contributed by atoms with Gasteiger partial charge < -0.3 is 15.7 Å². The van der Waals surface area contributed by atoms with Crippen molar-refractivity contribution in [3.63, 3.8) is 0 Å². The molecular weight excluding hydrogens is 292 g/mol. The molecule has 0 fully saturated rings. The van der Waals surface area contributed by atoms with Crippen LogP contribution in [0.5, 0.6) is 0 Å². The van der Waals surface area contributed by atoms with Gasteiger partial charge in [0.25, 0.3) is 0 Å². The van der Waals surface area contributed by atoms with Crippen LogP contribution in [0.4, 0.5) is 5.69 Å². The summed E-state index contributed by atoms with van der Waals surface area (Å²) in [5.74, 6) is -1.12. The number of carboxylic acid groups (broad SMARTS) is 1. The monoisotopic (exact) mass is 312 g/mol. The highest BCUT2D eigenvalue weighted by molar-refractivity contribution is 5.90. The fourth-order valence-electron chi connectivity index (χ4n) is 2.42. The first-order chi connectivity index (χ1) is 11.0. The quantitative estimate of drug-likeness (QED) is 0.803. The van der Waals surface area contributed by atoms with Gasteiger partial charge in [0.05, 0.1) is 5.56 Å². The van der Waals surface area contributed by atoms with E-state index in [2.05, 4.69) is 0 Å². The molecule has 0 saturated heterocycles. The molecule has 0 aliphatic rings. The Hall–Kier alpha value is -2.82. The van der Waals surface area contributed by atoms with Crippen LogP contribution in [0.25, 0.3) is 0 Å². The molecule has 0 atom stereocenters. The second-order valence-electron chi connectivity index (χ2n) is 5.40. The number of carboxylic acids is 1. The third kappa shape index (κ3) is 4.57. The molecule has 0 spiro atoms. The molecule has 0 saturated carbocycles. The molecule has 5 nitrogen and oxygen atoms in total. The standard InChI is InChI=1S/C18H20N2O3/c1-13(21)20(10-9-14-5-3-2-4-6-14)12-15-11-16(19)7-8-17(15)18(22)23/h2-8,11H,9-10,12,19H2,1H3,(H,22,23). The fourth-order valence-corrected chi connectivity index (χ4v) is 2.42. The van der Waals surface area contributed by atoms with Crippen LogP contribution in [0.3, 0.4) is 0 Å². The SMILES string of the molecule is CC(=O)N(CCc1ccccc1)Cc1cc(N)ccc1C(=O)O. The molecule has 2 aromatic rings. The van der Waals surface area contributed by atoms with Crippen LogP contribution >= 0.6 is 0 Å². The van der Waals surface area contributed by atoms with Gasteiger partial charge in [-0.25, -0.2) is 4.79 Å². The molecule has 0 aliphatic heterocycles. The maximum absolute atomic E-state index is 11.9. The van der Waals surface area contributed by atoms with Gasteiger partial charge in [0.2, 0.25) is 5.91 Å². The molecule has 0 aromatic heterocycles. The molecule has 1 amide bonds. The molecule has 120 valence electrons. The number of benzene rings is 2. The normalized spacial score (nSPS) is 10.3. The second-order valence-corrected chi connectivity index (χ2v) is 5.40. The Morgan fingerprint density at radius 1 is 1.13 bits per heavy atom. The number of aromatic carboxylic acids is 1. The zero-order chi connectivity index (χ0) is 16.8. The van der Waals surface area contributed by atoms with Crippen LogP contribution in [-0.2, 0) is 17.8 Å². The first-order valence-electron chi connectivity index (χ1n) is 7.38. The molecule has 23 heavy (non-hydrogen) atoms. The van der Waals surface area contributed by atoms with Crippen molar-refractivity contribution in [2.75, 3.05) is 12.3 Å². The van der Waals surface area contributed by atoms with Gasteiger partial charge in [-0.1, -0.05) is 30.3 Å². The van der Waals surface area contributed by atoms with Crippen LogP contribution < -0.4 is 5.73 Å². The topological polar surface area (TPSA) is 83.6 Å². The maximum atomic E-state index is 11.9. The Morgan fingerprint density at radius 2 is 1.83 bits per heavy atom. The van der Waals surface area contributed by atoms with E-state index in [0.717, 1.165) is 5.56 Å². The van der Waals surface area contributed by atoms with Crippen LogP contribution in [0, 0.1) is 0 Å². The first kappa shape index (κ1) is 16.5. The summed E-state index contributed by atoms with van der Waals surface area (Å²) in [6.45, 7) is 2.24. The number of rotatable bonds is 6. The maximum Gasteiger partial charge on any atom is 0.336 e. The van der Waals surface area contributed by atoms with Crippen LogP contribution in [0.2, 0.25) is 0 Å². The fraction of sp³-hybridized carbons (Fsp3) is 0.222. The van der Waals surface area contributed by atoms with Crippen molar-refractivity contribution in [3.05, 3.63) is 65.2 Å². The smallest absolute Gasteiger partial charge is 0.336 e. The second kappa shape index (κ2) is 7.45. The Morgan fingerprint density at radius 3 is 2.43 bits per heavy atom. The average Bonchev–Trinajstić information content (AvgIpc) is 2.51. The minimum absolute atomic E-state index is 0.0975. The van der Waals surface area contributed by atoms with Gasteiger partial charge >= 0.3 is 5.97 Å². The number of carbonyl (C=O) groups is 2. The summed E-state index contributed by atoms with van der Waals surface area (Å²) in [4.78, 5) is 24.8. The van der Waals surface area contributed by atoms with E-state index in [4.69, 9.17) is 5.73 Å². The molecule has 0 heterocycles. The first-order valence-corrected chi connectivity index (χ1v) is 7.38. The number of hydrogen-bond donors (Lipinski definition) is 2. The Bertz CT molecular complexity index is 699. The summed E-state index contributed by atoms with van der Waals surface area (Å²) in [6.07, 6.45) is 0.713. The Kier molecular flexibility index (Phi) is 5.36. The lowest BCUT2D eigenvalue weighted by Crippen LogP contribution is -2.31. The highest BCUT2D eigenvalue weighted by Gasteiger charge is 2.15. The summed E-state index contributed by atoms with van der Waals surface area (Å²) >= 11 is 0. The van der Waals surface area contributed by atoms with E-state index in [-0.39, 0.29) is 18.0 Å². The Balaban J connectivity index is 2.15. The van der Waals surface area contributed by atoms with E-state index in [9.17, 15) is 14.7 Å². The van der Waals surface area contributed by atoms with Gasteiger partial charge in [-0.05, 0) is 35.7 Å². The lowest BCUT2D eigenvalue weighted by Gasteiger charge is -2.22.